The first kappa shape index (κ1) is 10.1. The van der Waals surface area contributed by atoms with E-state index in [2.05, 4.69) is 18.1 Å². The Morgan fingerprint density at radius 2 is 2.27 bits per heavy atom. The minimum atomic E-state index is -0.510. The van der Waals surface area contributed by atoms with E-state index in [1.54, 1.807) is 11.8 Å². The summed E-state index contributed by atoms with van der Waals surface area (Å²) in [6.45, 7) is 0. The summed E-state index contributed by atoms with van der Waals surface area (Å²) in [6.07, 6.45) is 6.89. The number of nitriles is 1. The fourth-order valence-electron chi connectivity index (χ4n) is 1.97. The smallest absolute Gasteiger partial charge is 0.138 e. The van der Waals surface area contributed by atoms with Gasteiger partial charge in [0, 0.05) is 6.42 Å². The molecule has 1 atom stereocenters. The largest absolute Gasteiger partial charge is 0.196 e. The third-order valence-corrected chi connectivity index (χ3v) is 4.06. The van der Waals surface area contributed by atoms with E-state index in [1.807, 2.05) is 18.2 Å². The fourth-order valence-corrected chi connectivity index (χ4v) is 3.24. The van der Waals surface area contributed by atoms with Gasteiger partial charge in [-0.2, -0.15) is 5.26 Å². The van der Waals surface area contributed by atoms with Crippen molar-refractivity contribution in [1.29, 1.82) is 5.26 Å². The number of aryl methyl sites for hydroxylation is 1. The van der Waals surface area contributed by atoms with Crippen LogP contribution >= 0.6 is 11.8 Å². The van der Waals surface area contributed by atoms with E-state index in [0.29, 0.717) is 6.42 Å². The van der Waals surface area contributed by atoms with Crippen LogP contribution in [-0.4, -0.2) is 5.75 Å². The Kier molecular flexibility index (Phi) is 2.71. The van der Waals surface area contributed by atoms with Crippen molar-refractivity contribution in [3.05, 3.63) is 35.4 Å². The van der Waals surface area contributed by atoms with Crippen molar-refractivity contribution < 1.29 is 0 Å². The number of hydrogen-bond donors (Lipinski definition) is 0. The summed E-state index contributed by atoms with van der Waals surface area (Å²) in [5, 5.41) is 9.35. The predicted octanol–water partition coefficient (Wildman–Crippen LogP) is 2.72. The van der Waals surface area contributed by atoms with Crippen molar-refractivity contribution in [3.63, 3.8) is 0 Å². The van der Waals surface area contributed by atoms with Crippen LogP contribution in [-0.2, 0) is 11.2 Å². The standard InChI is InChI=1S/C13H11NS/c1-2-8-13(10-14)12-6-4-3-5-11(12)7-9-15-13/h1,3-6H,7-9H2. The number of terminal acetylenes is 1. The van der Waals surface area contributed by atoms with Crippen LogP contribution in [0.1, 0.15) is 17.5 Å². The van der Waals surface area contributed by atoms with E-state index in [1.165, 1.54) is 5.56 Å². The number of rotatable bonds is 1. The maximum atomic E-state index is 9.35. The minimum absolute atomic E-state index is 0.491. The van der Waals surface area contributed by atoms with Crippen molar-refractivity contribution in [2.75, 3.05) is 5.75 Å². The van der Waals surface area contributed by atoms with Gasteiger partial charge in [-0.25, -0.2) is 0 Å². The predicted molar refractivity (Wildman–Crippen MR) is 63.3 cm³/mol. The van der Waals surface area contributed by atoms with E-state index in [9.17, 15) is 5.26 Å². The molecule has 1 aromatic carbocycles. The molecule has 1 aromatic rings. The topological polar surface area (TPSA) is 23.8 Å². The maximum absolute atomic E-state index is 9.35. The Labute approximate surface area is 94.5 Å². The molecule has 1 nitrogen and oxygen atoms in total. The number of benzene rings is 1. The summed E-state index contributed by atoms with van der Waals surface area (Å²) in [7, 11) is 0. The molecular weight excluding hydrogens is 202 g/mol. The van der Waals surface area contributed by atoms with Crippen molar-refractivity contribution in [1.82, 2.24) is 0 Å². The van der Waals surface area contributed by atoms with Crippen LogP contribution < -0.4 is 0 Å². The van der Waals surface area contributed by atoms with Crippen LogP contribution in [0.15, 0.2) is 24.3 Å². The zero-order chi connectivity index (χ0) is 10.7. The molecule has 0 amide bonds. The van der Waals surface area contributed by atoms with Gasteiger partial charge in [-0.3, -0.25) is 0 Å². The molecule has 0 fully saturated rings. The maximum Gasteiger partial charge on any atom is 0.138 e. The molecule has 0 spiro atoms. The van der Waals surface area contributed by atoms with Gasteiger partial charge in [-0.15, -0.1) is 24.1 Å². The zero-order valence-corrected chi connectivity index (χ0v) is 9.18. The van der Waals surface area contributed by atoms with Gasteiger partial charge in [0.25, 0.3) is 0 Å². The van der Waals surface area contributed by atoms with Crippen molar-refractivity contribution in [2.24, 2.45) is 0 Å². The lowest BCUT2D eigenvalue weighted by molar-refractivity contribution is 0.785. The molecular formula is C13H11NS. The summed E-state index contributed by atoms with van der Waals surface area (Å²) < 4.78 is -0.510. The molecule has 0 N–H and O–H groups in total. The molecule has 0 saturated carbocycles. The highest BCUT2D eigenvalue weighted by molar-refractivity contribution is 8.00. The average Bonchev–Trinajstić information content (AvgIpc) is 2.30. The van der Waals surface area contributed by atoms with Gasteiger partial charge in [-0.1, -0.05) is 24.3 Å². The Morgan fingerprint density at radius 1 is 1.47 bits per heavy atom. The second-order valence-electron chi connectivity index (χ2n) is 3.58. The molecule has 15 heavy (non-hydrogen) atoms. The van der Waals surface area contributed by atoms with Gasteiger partial charge in [0.2, 0.25) is 0 Å². The summed E-state index contributed by atoms with van der Waals surface area (Å²) in [5.74, 6) is 3.61. The Morgan fingerprint density at radius 3 is 3.00 bits per heavy atom. The summed E-state index contributed by atoms with van der Waals surface area (Å²) in [6, 6.07) is 10.5. The van der Waals surface area contributed by atoms with Gasteiger partial charge in [0.15, 0.2) is 0 Å². The highest BCUT2D eigenvalue weighted by Gasteiger charge is 2.36. The first-order chi connectivity index (χ1) is 7.32. The van der Waals surface area contributed by atoms with E-state index in [-0.39, 0.29) is 0 Å². The molecule has 2 heteroatoms. The SMILES string of the molecule is C#CCC1(C#N)SCCc2ccccc21. The van der Waals surface area contributed by atoms with Crippen LogP contribution in [0.25, 0.3) is 0 Å². The molecule has 0 aliphatic carbocycles. The van der Waals surface area contributed by atoms with Crippen molar-refractivity contribution >= 4 is 11.8 Å². The third-order valence-electron chi connectivity index (χ3n) is 2.70. The van der Waals surface area contributed by atoms with Crippen molar-refractivity contribution in [2.45, 2.75) is 17.6 Å². The normalized spacial score (nSPS) is 23.6. The molecule has 2 rings (SSSR count). The van der Waals surface area contributed by atoms with E-state index >= 15 is 0 Å². The zero-order valence-electron chi connectivity index (χ0n) is 8.36. The van der Waals surface area contributed by atoms with E-state index in [0.717, 1.165) is 17.7 Å². The number of thioether (sulfide) groups is 1. The number of hydrogen-bond acceptors (Lipinski definition) is 2. The van der Waals surface area contributed by atoms with Crippen LogP contribution in [0.2, 0.25) is 0 Å². The highest BCUT2D eigenvalue weighted by Crippen LogP contribution is 2.44. The molecule has 0 bridgehead atoms. The Bertz CT molecular complexity index is 452. The lowest BCUT2D eigenvalue weighted by Gasteiger charge is -2.31. The van der Waals surface area contributed by atoms with E-state index in [4.69, 9.17) is 6.42 Å². The lowest BCUT2D eigenvalue weighted by atomic mass is 9.90. The molecule has 0 radical (unpaired) electrons. The molecule has 0 saturated heterocycles. The Hall–Kier alpha value is -1.38. The molecule has 1 unspecified atom stereocenters. The van der Waals surface area contributed by atoms with Crippen molar-refractivity contribution in [3.8, 4) is 18.4 Å². The first-order valence-corrected chi connectivity index (χ1v) is 5.88. The van der Waals surface area contributed by atoms with Crippen LogP contribution in [0.4, 0.5) is 0 Å². The van der Waals surface area contributed by atoms with Crippen LogP contribution in [0.3, 0.4) is 0 Å². The number of nitrogens with zero attached hydrogens (tertiary/aromatic N) is 1. The van der Waals surface area contributed by atoms with Gasteiger partial charge < -0.3 is 0 Å². The summed E-state index contributed by atoms with van der Waals surface area (Å²) in [4.78, 5) is 0. The van der Waals surface area contributed by atoms with E-state index < -0.39 is 4.75 Å². The van der Waals surface area contributed by atoms with Gasteiger partial charge in [0.05, 0.1) is 6.07 Å². The van der Waals surface area contributed by atoms with Gasteiger partial charge >= 0.3 is 0 Å². The molecule has 1 aliphatic heterocycles. The number of fused-ring (bicyclic) bond motifs is 1. The summed E-state index contributed by atoms with van der Waals surface area (Å²) >= 11 is 1.67. The molecule has 74 valence electrons. The van der Waals surface area contributed by atoms with Gasteiger partial charge in [0.1, 0.15) is 4.75 Å². The average molecular weight is 213 g/mol. The third kappa shape index (κ3) is 1.62. The fraction of sp³-hybridized carbons (Fsp3) is 0.308. The Balaban J connectivity index is 2.54. The lowest BCUT2D eigenvalue weighted by Crippen LogP contribution is -2.25. The van der Waals surface area contributed by atoms with Gasteiger partial charge in [-0.05, 0) is 23.3 Å². The van der Waals surface area contributed by atoms with Crippen LogP contribution in [0.5, 0.6) is 0 Å². The molecule has 0 aromatic heterocycles. The molecule has 1 aliphatic rings. The quantitative estimate of drug-likeness (QED) is 0.670. The second-order valence-corrected chi connectivity index (χ2v) is 4.97. The second kappa shape index (κ2) is 4.01. The monoisotopic (exact) mass is 213 g/mol. The molecule has 1 heterocycles. The highest BCUT2D eigenvalue weighted by atomic mass is 32.2. The minimum Gasteiger partial charge on any atom is -0.196 e. The first-order valence-electron chi connectivity index (χ1n) is 4.89. The van der Waals surface area contributed by atoms with Crippen LogP contribution in [0, 0.1) is 23.7 Å². The summed E-state index contributed by atoms with van der Waals surface area (Å²) in [5.41, 5.74) is 2.38.